The Morgan fingerprint density at radius 2 is 1.78 bits per heavy atom. The van der Waals surface area contributed by atoms with Crippen molar-refractivity contribution in [3.8, 4) is 0 Å². The summed E-state index contributed by atoms with van der Waals surface area (Å²) in [6.07, 6.45) is 3.79. The summed E-state index contributed by atoms with van der Waals surface area (Å²) in [6, 6.07) is 18.3. The number of amides is 2. The summed E-state index contributed by atoms with van der Waals surface area (Å²) in [4.78, 5) is 34.2. The topological polar surface area (TPSA) is 103 Å². The first-order chi connectivity index (χ1) is 17.9. The number of carbonyl (C=O) groups excluding carboxylic acids is 2. The fraction of sp³-hybridized carbons (Fsp3) is 0.296. The number of carbonyl (C=O) groups is 2. The zero-order valence-electron chi connectivity index (χ0n) is 20.4. The third kappa shape index (κ3) is 4.47. The average Bonchev–Trinajstić information content (AvgIpc) is 3.18. The summed E-state index contributed by atoms with van der Waals surface area (Å²) < 4.78 is 28.8. The molecule has 2 aliphatic heterocycles. The number of para-hydroxylation sites is 2. The van der Waals surface area contributed by atoms with Gasteiger partial charge in [-0.25, -0.2) is 8.42 Å². The molecule has 1 aromatic heterocycles. The Morgan fingerprint density at radius 3 is 2.51 bits per heavy atom. The summed E-state index contributed by atoms with van der Waals surface area (Å²) in [6.45, 7) is 4.47. The molecule has 0 saturated carbocycles. The van der Waals surface area contributed by atoms with Gasteiger partial charge in [-0.05, 0) is 37.1 Å². The van der Waals surface area contributed by atoms with Crippen LogP contribution in [0.15, 0.2) is 84.4 Å². The molecule has 192 valence electrons. The monoisotopic (exact) mass is 519 g/mol. The lowest BCUT2D eigenvalue weighted by Gasteiger charge is -2.42. The maximum atomic E-state index is 13.8. The molecule has 2 aromatic carbocycles. The van der Waals surface area contributed by atoms with E-state index in [9.17, 15) is 18.0 Å². The standard InChI is InChI=1S/C27H29N5O4S/c1-2-15-28-24(33)19-30-20-32(22-10-4-3-5-11-22)27(26(30)34)13-17-31(18-14-27)37(35,36)23-12-6-8-21-9-7-16-29-25(21)23/h2-12,16H,1,13-15,17-20H2,(H,28,33). The van der Waals surface area contributed by atoms with Crippen molar-refractivity contribution in [3.05, 3.63) is 79.5 Å². The highest BCUT2D eigenvalue weighted by atomic mass is 32.2. The van der Waals surface area contributed by atoms with E-state index in [-0.39, 0.29) is 43.0 Å². The summed E-state index contributed by atoms with van der Waals surface area (Å²) in [5.74, 6) is -0.421. The Balaban J connectivity index is 1.42. The fourth-order valence-corrected chi connectivity index (χ4v) is 6.86. The molecule has 2 saturated heterocycles. The van der Waals surface area contributed by atoms with Crippen molar-refractivity contribution in [1.29, 1.82) is 0 Å². The van der Waals surface area contributed by atoms with E-state index in [4.69, 9.17) is 0 Å². The van der Waals surface area contributed by atoms with E-state index < -0.39 is 15.6 Å². The van der Waals surface area contributed by atoms with Gasteiger partial charge in [-0.1, -0.05) is 42.5 Å². The lowest BCUT2D eigenvalue weighted by Crippen LogP contribution is -2.57. The zero-order chi connectivity index (χ0) is 26.0. The predicted molar refractivity (Wildman–Crippen MR) is 141 cm³/mol. The molecule has 1 spiro atoms. The molecule has 0 atom stereocenters. The van der Waals surface area contributed by atoms with Gasteiger partial charge < -0.3 is 15.1 Å². The number of hydrogen-bond acceptors (Lipinski definition) is 6. The van der Waals surface area contributed by atoms with Crippen LogP contribution in [0.4, 0.5) is 5.69 Å². The Morgan fingerprint density at radius 1 is 1.05 bits per heavy atom. The molecular formula is C27H29N5O4S. The number of aromatic nitrogens is 1. The van der Waals surface area contributed by atoms with Crippen LogP contribution >= 0.6 is 0 Å². The molecule has 2 aliphatic rings. The van der Waals surface area contributed by atoms with Gasteiger partial charge in [0, 0.05) is 36.9 Å². The molecule has 3 aromatic rings. The molecular weight excluding hydrogens is 490 g/mol. The predicted octanol–water partition coefficient (Wildman–Crippen LogP) is 2.37. The van der Waals surface area contributed by atoms with E-state index in [1.54, 1.807) is 35.4 Å². The molecule has 3 heterocycles. The minimum Gasteiger partial charge on any atom is -0.351 e. The Bertz CT molecular complexity index is 1430. The Labute approximate surface area is 216 Å². The minimum absolute atomic E-state index is 0.0680. The summed E-state index contributed by atoms with van der Waals surface area (Å²) in [5, 5.41) is 3.48. The third-order valence-electron chi connectivity index (χ3n) is 7.12. The third-order valence-corrected chi connectivity index (χ3v) is 9.05. The molecule has 1 N–H and O–H groups in total. The van der Waals surface area contributed by atoms with Gasteiger partial charge in [0.15, 0.2) is 0 Å². The normalized spacial score (nSPS) is 17.9. The second kappa shape index (κ2) is 9.95. The van der Waals surface area contributed by atoms with E-state index in [1.807, 2.05) is 47.4 Å². The second-order valence-electron chi connectivity index (χ2n) is 9.27. The molecule has 2 fully saturated rings. The van der Waals surface area contributed by atoms with Crippen LogP contribution in [0.1, 0.15) is 12.8 Å². The number of pyridine rings is 1. The van der Waals surface area contributed by atoms with Gasteiger partial charge in [-0.15, -0.1) is 6.58 Å². The van der Waals surface area contributed by atoms with E-state index in [0.717, 1.165) is 11.1 Å². The highest BCUT2D eigenvalue weighted by Crippen LogP contribution is 2.40. The van der Waals surface area contributed by atoms with Crippen molar-refractivity contribution in [2.75, 3.05) is 37.7 Å². The van der Waals surface area contributed by atoms with Crippen LogP contribution in [0, 0.1) is 0 Å². The van der Waals surface area contributed by atoms with Crippen LogP contribution in [0.25, 0.3) is 10.9 Å². The number of piperidine rings is 1. The molecule has 5 rings (SSSR count). The quantitative estimate of drug-likeness (QED) is 0.481. The largest absolute Gasteiger partial charge is 0.351 e. The molecule has 0 radical (unpaired) electrons. The number of anilines is 1. The molecule has 9 nitrogen and oxygen atoms in total. The van der Waals surface area contributed by atoms with Gasteiger partial charge in [0.05, 0.1) is 12.2 Å². The van der Waals surface area contributed by atoms with Gasteiger partial charge in [0.1, 0.15) is 17.0 Å². The average molecular weight is 520 g/mol. The van der Waals surface area contributed by atoms with E-state index in [0.29, 0.717) is 24.9 Å². The van der Waals surface area contributed by atoms with Crippen molar-refractivity contribution in [2.24, 2.45) is 0 Å². The molecule has 37 heavy (non-hydrogen) atoms. The summed E-state index contributed by atoms with van der Waals surface area (Å²) >= 11 is 0. The molecule has 0 bridgehead atoms. The summed E-state index contributed by atoms with van der Waals surface area (Å²) in [7, 11) is -3.82. The first-order valence-electron chi connectivity index (χ1n) is 12.2. The van der Waals surface area contributed by atoms with Gasteiger partial charge in [-0.2, -0.15) is 4.31 Å². The minimum atomic E-state index is -3.82. The van der Waals surface area contributed by atoms with Crippen LogP contribution in [0.3, 0.4) is 0 Å². The van der Waals surface area contributed by atoms with Crippen molar-refractivity contribution in [2.45, 2.75) is 23.3 Å². The number of nitrogens with one attached hydrogen (secondary N) is 1. The van der Waals surface area contributed by atoms with Gasteiger partial charge in [0.2, 0.25) is 21.8 Å². The van der Waals surface area contributed by atoms with E-state index in [2.05, 4.69) is 16.9 Å². The number of hydrogen-bond donors (Lipinski definition) is 1. The maximum Gasteiger partial charge on any atom is 0.250 e. The number of sulfonamides is 1. The van der Waals surface area contributed by atoms with Crippen molar-refractivity contribution in [3.63, 3.8) is 0 Å². The van der Waals surface area contributed by atoms with Gasteiger partial charge in [0.25, 0.3) is 0 Å². The van der Waals surface area contributed by atoms with Crippen LogP contribution in [0.2, 0.25) is 0 Å². The highest BCUT2D eigenvalue weighted by Gasteiger charge is 2.55. The maximum absolute atomic E-state index is 13.8. The van der Waals surface area contributed by atoms with Crippen LogP contribution in [-0.4, -0.2) is 72.8 Å². The Hall–Kier alpha value is -3.76. The Kier molecular flexibility index (Phi) is 6.70. The van der Waals surface area contributed by atoms with Crippen molar-refractivity contribution >= 4 is 38.4 Å². The SMILES string of the molecule is C=CCNC(=O)CN1CN(c2ccccc2)C2(CCN(S(=O)(=O)c3cccc4cccnc34)CC2)C1=O. The van der Waals surface area contributed by atoms with Crippen LogP contribution in [-0.2, 0) is 19.6 Å². The number of rotatable bonds is 7. The molecule has 2 amide bonds. The molecule has 0 unspecified atom stereocenters. The zero-order valence-corrected chi connectivity index (χ0v) is 21.2. The number of fused-ring (bicyclic) bond motifs is 1. The lowest BCUT2D eigenvalue weighted by molar-refractivity contribution is -0.137. The molecule has 10 heteroatoms. The van der Waals surface area contributed by atoms with Crippen LogP contribution in [0.5, 0.6) is 0 Å². The lowest BCUT2D eigenvalue weighted by atomic mass is 9.86. The van der Waals surface area contributed by atoms with E-state index in [1.165, 1.54) is 4.31 Å². The molecule has 0 aliphatic carbocycles. The second-order valence-corrected chi connectivity index (χ2v) is 11.2. The number of benzene rings is 2. The number of nitrogens with zero attached hydrogens (tertiary/aromatic N) is 4. The van der Waals surface area contributed by atoms with Gasteiger partial charge >= 0.3 is 0 Å². The van der Waals surface area contributed by atoms with E-state index >= 15 is 0 Å². The first-order valence-corrected chi connectivity index (χ1v) is 13.6. The highest BCUT2D eigenvalue weighted by molar-refractivity contribution is 7.89. The smallest absolute Gasteiger partial charge is 0.250 e. The van der Waals surface area contributed by atoms with Gasteiger partial charge in [-0.3, -0.25) is 14.6 Å². The fourth-order valence-electron chi connectivity index (χ4n) is 5.26. The first kappa shape index (κ1) is 24.9. The van der Waals surface area contributed by atoms with Crippen LogP contribution < -0.4 is 10.2 Å². The summed E-state index contributed by atoms with van der Waals surface area (Å²) in [5.41, 5.74) is 0.368. The van der Waals surface area contributed by atoms with Crippen molar-refractivity contribution in [1.82, 2.24) is 19.5 Å². The van der Waals surface area contributed by atoms with Crippen molar-refractivity contribution < 1.29 is 18.0 Å².